The molecule has 0 saturated carbocycles. The van der Waals surface area contributed by atoms with Crippen LogP contribution in [0.3, 0.4) is 0 Å². The highest BCUT2D eigenvalue weighted by atomic mass is 35.5. The van der Waals surface area contributed by atoms with Gasteiger partial charge in [0.2, 0.25) is 10.0 Å². The SMILES string of the molecule is O=C(COC(=O)/C=C/c1ccc(S(=O)(=O)N2CCOCC2)cc1)NCc1ccc(Cl)cc1. The molecule has 10 heteroatoms. The molecule has 0 aromatic heterocycles. The molecule has 2 aromatic rings. The number of halogens is 1. The second kappa shape index (κ2) is 11.2. The van der Waals surface area contributed by atoms with Gasteiger partial charge in [0.1, 0.15) is 0 Å². The van der Waals surface area contributed by atoms with Gasteiger partial charge in [-0.3, -0.25) is 4.79 Å². The van der Waals surface area contributed by atoms with E-state index in [1.807, 2.05) is 0 Å². The molecule has 32 heavy (non-hydrogen) atoms. The van der Waals surface area contributed by atoms with Crippen LogP contribution < -0.4 is 5.32 Å². The summed E-state index contributed by atoms with van der Waals surface area (Å²) in [6.45, 7) is 1.28. The zero-order chi connectivity index (χ0) is 23.0. The molecule has 1 aliphatic heterocycles. The maximum atomic E-state index is 12.6. The number of hydrogen-bond donors (Lipinski definition) is 1. The Bertz CT molecular complexity index is 1060. The van der Waals surface area contributed by atoms with E-state index in [1.54, 1.807) is 36.4 Å². The zero-order valence-corrected chi connectivity index (χ0v) is 18.8. The number of nitrogens with zero attached hydrogens (tertiary/aromatic N) is 1. The van der Waals surface area contributed by atoms with Gasteiger partial charge in [0.15, 0.2) is 6.61 Å². The van der Waals surface area contributed by atoms with Crippen molar-refractivity contribution in [2.24, 2.45) is 0 Å². The Labute approximate surface area is 191 Å². The molecule has 1 amide bonds. The predicted molar refractivity (Wildman–Crippen MR) is 119 cm³/mol. The summed E-state index contributed by atoms with van der Waals surface area (Å²) in [6.07, 6.45) is 2.66. The predicted octanol–water partition coefficient (Wildman–Crippen LogP) is 2.23. The van der Waals surface area contributed by atoms with Crippen molar-refractivity contribution in [3.05, 3.63) is 70.8 Å². The Balaban J connectivity index is 1.45. The summed E-state index contributed by atoms with van der Waals surface area (Å²) in [6, 6.07) is 13.2. The van der Waals surface area contributed by atoms with Gasteiger partial charge in [-0.1, -0.05) is 35.9 Å². The van der Waals surface area contributed by atoms with Crippen LogP contribution in [-0.4, -0.2) is 57.5 Å². The minimum Gasteiger partial charge on any atom is -0.452 e. The molecule has 1 heterocycles. The van der Waals surface area contributed by atoms with E-state index in [2.05, 4.69) is 5.32 Å². The van der Waals surface area contributed by atoms with Gasteiger partial charge in [0.25, 0.3) is 5.91 Å². The number of morpholine rings is 1. The van der Waals surface area contributed by atoms with E-state index >= 15 is 0 Å². The lowest BCUT2D eigenvalue weighted by Crippen LogP contribution is -2.40. The number of carbonyl (C=O) groups excluding carboxylic acids is 2. The largest absolute Gasteiger partial charge is 0.452 e. The van der Waals surface area contributed by atoms with Gasteiger partial charge in [0.05, 0.1) is 18.1 Å². The Morgan fingerprint density at radius 1 is 1.06 bits per heavy atom. The molecule has 1 saturated heterocycles. The Morgan fingerprint density at radius 3 is 2.38 bits per heavy atom. The van der Waals surface area contributed by atoms with Crippen LogP contribution in [0.25, 0.3) is 6.08 Å². The molecular formula is C22H23ClN2O6S. The number of amides is 1. The summed E-state index contributed by atoms with van der Waals surface area (Å²) < 4.78 is 36.7. The first-order valence-electron chi connectivity index (χ1n) is 9.88. The average molecular weight is 479 g/mol. The standard InChI is InChI=1S/C22H23ClN2O6S/c23-19-6-1-18(2-7-19)15-24-21(26)16-31-22(27)10-5-17-3-8-20(9-4-17)32(28,29)25-11-13-30-14-12-25/h1-10H,11-16H2,(H,24,26)/b10-5+. The third kappa shape index (κ3) is 6.89. The van der Waals surface area contributed by atoms with Crippen molar-refractivity contribution < 1.29 is 27.5 Å². The van der Waals surface area contributed by atoms with Gasteiger partial charge in [-0.05, 0) is 41.5 Å². The number of benzene rings is 2. The van der Waals surface area contributed by atoms with Crippen molar-refractivity contribution in [1.82, 2.24) is 9.62 Å². The number of rotatable bonds is 8. The highest BCUT2D eigenvalue weighted by molar-refractivity contribution is 7.89. The first-order chi connectivity index (χ1) is 15.3. The Hall–Kier alpha value is -2.72. The Kier molecular flexibility index (Phi) is 8.40. The minimum atomic E-state index is -3.57. The fourth-order valence-electron chi connectivity index (χ4n) is 2.89. The highest BCUT2D eigenvalue weighted by Crippen LogP contribution is 2.18. The summed E-state index contributed by atoms with van der Waals surface area (Å²) in [5.41, 5.74) is 1.49. The van der Waals surface area contributed by atoms with Gasteiger partial charge in [0, 0.05) is 30.7 Å². The summed E-state index contributed by atoms with van der Waals surface area (Å²) in [5, 5.41) is 3.25. The van der Waals surface area contributed by atoms with Crippen LogP contribution in [0.5, 0.6) is 0 Å². The van der Waals surface area contributed by atoms with Crippen LogP contribution in [0.2, 0.25) is 5.02 Å². The van der Waals surface area contributed by atoms with E-state index in [-0.39, 0.29) is 4.90 Å². The van der Waals surface area contributed by atoms with Gasteiger partial charge in [-0.15, -0.1) is 0 Å². The number of nitrogens with one attached hydrogen (secondary N) is 1. The molecule has 0 radical (unpaired) electrons. The molecule has 170 valence electrons. The lowest BCUT2D eigenvalue weighted by atomic mass is 10.2. The number of ether oxygens (including phenoxy) is 2. The molecule has 2 aromatic carbocycles. The summed E-state index contributed by atoms with van der Waals surface area (Å²) >= 11 is 5.81. The quantitative estimate of drug-likeness (QED) is 0.461. The van der Waals surface area contributed by atoms with Crippen LogP contribution in [0, 0.1) is 0 Å². The second-order valence-corrected chi connectivity index (χ2v) is 9.30. The number of sulfonamides is 1. The normalized spacial score (nSPS) is 14.9. The van der Waals surface area contributed by atoms with Gasteiger partial charge < -0.3 is 14.8 Å². The summed E-state index contributed by atoms with van der Waals surface area (Å²) in [5.74, 6) is -1.11. The van der Waals surface area contributed by atoms with E-state index in [0.717, 1.165) is 5.56 Å². The molecule has 0 unspecified atom stereocenters. The highest BCUT2D eigenvalue weighted by Gasteiger charge is 2.25. The lowest BCUT2D eigenvalue weighted by Gasteiger charge is -2.26. The topological polar surface area (TPSA) is 102 Å². The maximum absolute atomic E-state index is 12.6. The van der Waals surface area contributed by atoms with Crippen LogP contribution in [0.4, 0.5) is 0 Å². The van der Waals surface area contributed by atoms with E-state index < -0.39 is 28.5 Å². The molecule has 0 atom stereocenters. The fourth-order valence-corrected chi connectivity index (χ4v) is 4.42. The number of esters is 1. The molecule has 0 bridgehead atoms. The molecular weight excluding hydrogens is 456 g/mol. The van der Waals surface area contributed by atoms with Gasteiger partial charge in [-0.2, -0.15) is 4.31 Å². The van der Waals surface area contributed by atoms with Crippen molar-refractivity contribution in [2.75, 3.05) is 32.9 Å². The van der Waals surface area contributed by atoms with E-state index in [4.69, 9.17) is 21.1 Å². The van der Waals surface area contributed by atoms with Crippen LogP contribution >= 0.6 is 11.6 Å². The second-order valence-electron chi connectivity index (χ2n) is 6.93. The Morgan fingerprint density at radius 2 is 1.72 bits per heavy atom. The molecule has 1 fully saturated rings. The molecule has 3 rings (SSSR count). The van der Waals surface area contributed by atoms with Crippen LogP contribution in [0.1, 0.15) is 11.1 Å². The molecule has 1 aliphatic rings. The minimum absolute atomic E-state index is 0.177. The summed E-state index contributed by atoms with van der Waals surface area (Å²) in [7, 11) is -3.57. The maximum Gasteiger partial charge on any atom is 0.331 e. The van der Waals surface area contributed by atoms with E-state index in [0.29, 0.717) is 43.4 Å². The zero-order valence-electron chi connectivity index (χ0n) is 17.2. The third-order valence-corrected chi connectivity index (χ3v) is 6.81. The van der Waals surface area contributed by atoms with Crippen molar-refractivity contribution in [1.29, 1.82) is 0 Å². The van der Waals surface area contributed by atoms with Crippen molar-refractivity contribution in [2.45, 2.75) is 11.4 Å². The lowest BCUT2D eigenvalue weighted by molar-refractivity contribution is -0.143. The summed E-state index contributed by atoms with van der Waals surface area (Å²) in [4.78, 5) is 23.8. The van der Waals surface area contributed by atoms with Crippen molar-refractivity contribution in [3.8, 4) is 0 Å². The van der Waals surface area contributed by atoms with Gasteiger partial charge in [-0.25, -0.2) is 13.2 Å². The fraction of sp³-hybridized carbons (Fsp3) is 0.273. The average Bonchev–Trinajstić information content (AvgIpc) is 2.82. The van der Waals surface area contributed by atoms with Crippen LogP contribution in [0.15, 0.2) is 59.5 Å². The smallest absolute Gasteiger partial charge is 0.331 e. The third-order valence-electron chi connectivity index (χ3n) is 4.65. The van der Waals surface area contributed by atoms with Crippen molar-refractivity contribution in [3.63, 3.8) is 0 Å². The van der Waals surface area contributed by atoms with Crippen LogP contribution in [-0.2, 0) is 35.6 Å². The van der Waals surface area contributed by atoms with Crippen molar-refractivity contribution >= 4 is 39.6 Å². The molecule has 0 spiro atoms. The van der Waals surface area contributed by atoms with Gasteiger partial charge >= 0.3 is 5.97 Å². The van der Waals surface area contributed by atoms with E-state index in [1.165, 1.54) is 28.6 Å². The monoisotopic (exact) mass is 478 g/mol. The number of carbonyl (C=O) groups is 2. The number of hydrogen-bond acceptors (Lipinski definition) is 6. The molecule has 8 nitrogen and oxygen atoms in total. The first kappa shape index (κ1) is 23.9. The van der Waals surface area contributed by atoms with E-state index in [9.17, 15) is 18.0 Å². The molecule has 1 N–H and O–H groups in total. The molecule has 0 aliphatic carbocycles. The first-order valence-corrected chi connectivity index (χ1v) is 11.7.